The number of rotatable bonds is 9. The molecule has 1 aromatic heterocycles. The molecule has 2 aromatic carbocycles. The van der Waals surface area contributed by atoms with Crippen molar-refractivity contribution in [3.8, 4) is 0 Å². The van der Waals surface area contributed by atoms with E-state index in [1.54, 1.807) is 11.6 Å². The number of halogens is 4. The number of thioether (sulfide) groups is 1. The molecule has 0 aliphatic carbocycles. The largest absolute Gasteiger partial charge is 0.416 e. The molecular formula is C23H22ClF3N6O4S. The third-order valence-electron chi connectivity index (χ3n) is 5.32. The Morgan fingerprint density at radius 3 is 2.53 bits per heavy atom. The van der Waals surface area contributed by atoms with E-state index in [9.17, 15) is 32.9 Å². The number of alkyl halides is 3. The minimum absolute atomic E-state index is 0.0449. The zero-order chi connectivity index (χ0) is 28.2. The van der Waals surface area contributed by atoms with Crippen molar-refractivity contribution in [1.29, 1.82) is 0 Å². The van der Waals surface area contributed by atoms with E-state index in [0.29, 0.717) is 11.0 Å². The second kappa shape index (κ2) is 11.8. The molecule has 0 spiro atoms. The van der Waals surface area contributed by atoms with Crippen molar-refractivity contribution in [2.45, 2.75) is 31.2 Å². The van der Waals surface area contributed by atoms with Crippen LogP contribution in [0.4, 0.5) is 24.5 Å². The summed E-state index contributed by atoms with van der Waals surface area (Å²) in [5, 5.41) is 24.7. The molecule has 0 fully saturated rings. The lowest BCUT2D eigenvalue weighted by atomic mass is 10.0. The lowest BCUT2D eigenvalue weighted by molar-refractivity contribution is -0.384. The summed E-state index contributed by atoms with van der Waals surface area (Å²) in [6, 6.07) is 7.31. The van der Waals surface area contributed by atoms with Gasteiger partial charge in [0.2, 0.25) is 5.91 Å². The van der Waals surface area contributed by atoms with Crippen LogP contribution in [0, 0.1) is 16.0 Å². The van der Waals surface area contributed by atoms with E-state index in [-0.39, 0.29) is 33.6 Å². The van der Waals surface area contributed by atoms with Crippen molar-refractivity contribution in [1.82, 2.24) is 20.1 Å². The van der Waals surface area contributed by atoms with Gasteiger partial charge in [-0.2, -0.15) is 13.2 Å². The lowest BCUT2D eigenvalue weighted by Crippen LogP contribution is -2.33. The SMILES string of the molecule is CC(C)[C@H](NC(=O)c1cccc([N+](=O)[O-])c1)c1nnc(SCC(=O)Nc2cc(C(F)(F)F)ccc2Cl)n1C. The molecule has 0 radical (unpaired) electrons. The summed E-state index contributed by atoms with van der Waals surface area (Å²) in [6.07, 6.45) is -4.59. The number of carbonyl (C=O) groups excluding carboxylic acids is 2. The van der Waals surface area contributed by atoms with Crippen molar-refractivity contribution >= 4 is 46.6 Å². The van der Waals surface area contributed by atoms with Gasteiger partial charge in [0.15, 0.2) is 11.0 Å². The number of amides is 2. The average Bonchev–Trinajstić information content (AvgIpc) is 3.21. The Bertz CT molecular complexity index is 1370. The summed E-state index contributed by atoms with van der Waals surface area (Å²) in [6.45, 7) is 3.68. The molecule has 10 nitrogen and oxygen atoms in total. The van der Waals surface area contributed by atoms with Crippen LogP contribution in [0.2, 0.25) is 5.02 Å². The number of nitro groups is 1. The Balaban J connectivity index is 1.70. The molecule has 0 unspecified atom stereocenters. The van der Waals surface area contributed by atoms with E-state index in [1.165, 1.54) is 24.3 Å². The maximum Gasteiger partial charge on any atom is 0.416 e. The minimum Gasteiger partial charge on any atom is -0.342 e. The highest BCUT2D eigenvalue weighted by molar-refractivity contribution is 7.99. The molecule has 0 bridgehead atoms. The van der Waals surface area contributed by atoms with Crippen molar-refractivity contribution in [3.05, 3.63) is 74.6 Å². The molecule has 38 heavy (non-hydrogen) atoms. The first-order valence-electron chi connectivity index (χ1n) is 11.0. The van der Waals surface area contributed by atoms with Crippen LogP contribution in [0.1, 0.15) is 41.6 Å². The van der Waals surface area contributed by atoms with Crippen LogP contribution in [0.15, 0.2) is 47.6 Å². The number of aromatic nitrogens is 3. The van der Waals surface area contributed by atoms with E-state index in [2.05, 4.69) is 20.8 Å². The van der Waals surface area contributed by atoms with Crippen LogP contribution in [0.25, 0.3) is 0 Å². The van der Waals surface area contributed by atoms with Gasteiger partial charge in [0.25, 0.3) is 11.6 Å². The highest BCUT2D eigenvalue weighted by Gasteiger charge is 2.31. The molecule has 0 aliphatic rings. The quantitative estimate of drug-likeness (QED) is 0.204. The van der Waals surface area contributed by atoms with Crippen molar-refractivity contribution in [2.75, 3.05) is 11.1 Å². The summed E-state index contributed by atoms with van der Waals surface area (Å²) in [7, 11) is 1.63. The van der Waals surface area contributed by atoms with Crippen LogP contribution in [0.3, 0.4) is 0 Å². The zero-order valence-corrected chi connectivity index (χ0v) is 21.8. The number of carbonyl (C=O) groups is 2. The van der Waals surface area contributed by atoms with Crippen LogP contribution in [-0.2, 0) is 18.0 Å². The van der Waals surface area contributed by atoms with E-state index in [4.69, 9.17) is 11.6 Å². The van der Waals surface area contributed by atoms with E-state index < -0.39 is 34.5 Å². The summed E-state index contributed by atoms with van der Waals surface area (Å²) in [5.74, 6) is -1.13. The molecule has 2 N–H and O–H groups in total. The Kier molecular flexibility index (Phi) is 8.99. The topological polar surface area (TPSA) is 132 Å². The number of benzene rings is 2. The number of nitrogens with one attached hydrogen (secondary N) is 2. The standard InChI is InChI=1S/C23H22ClF3N6O4S/c1-12(2)19(29-21(35)13-5-4-6-15(9-13)33(36)37)20-30-31-22(32(20)3)38-11-18(34)28-17-10-14(23(25,26)27)7-8-16(17)24/h4-10,12,19H,11H2,1-3H3,(H,28,34)(H,29,35)/t19-/m0/s1. The average molecular weight is 571 g/mol. The summed E-state index contributed by atoms with van der Waals surface area (Å²) in [4.78, 5) is 35.6. The molecule has 0 saturated heterocycles. The first kappa shape index (κ1) is 28.9. The van der Waals surface area contributed by atoms with Gasteiger partial charge in [0, 0.05) is 24.7 Å². The van der Waals surface area contributed by atoms with Crippen molar-refractivity contribution in [2.24, 2.45) is 13.0 Å². The second-order valence-corrected chi connectivity index (χ2v) is 9.78. The maximum absolute atomic E-state index is 13.0. The Morgan fingerprint density at radius 1 is 1.18 bits per heavy atom. The van der Waals surface area contributed by atoms with Gasteiger partial charge in [-0.1, -0.05) is 43.3 Å². The molecule has 3 rings (SSSR count). The highest BCUT2D eigenvalue weighted by Crippen LogP contribution is 2.34. The van der Waals surface area contributed by atoms with Crippen LogP contribution >= 0.6 is 23.4 Å². The fourth-order valence-corrected chi connectivity index (χ4v) is 4.23. The highest BCUT2D eigenvalue weighted by atomic mass is 35.5. The molecule has 2 amide bonds. The van der Waals surface area contributed by atoms with Gasteiger partial charge in [-0.3, -0.25) is 19.7 Å². The van der Waals surface area contributed by atoms with E-state index in [1.807, 2.05) is 13.8 Å². The first-order chi connectivity index (χ1) is 17.8. The van der Waals surface area contributed by atoms with Gasteiger partial charge in [-0.25, -0.2) is 0 Å². The number of nitro benzene ring substituents is 1. The lowest BCUT2D eigenvalue weighted by Gasteiger charge is -2.21. The molecular weight excluding hydrogens is 549 g/mol. The van der Waals surface area contributed by atoms with Crippen LogP contribution in [-0.4, -0.2) is 37.3 Å². The normalized spacial score (nSPS) is 12.3. The van der Waals surface area contributed by atoms with Gasteiger partial charge in [-0.15, -0.1) is 10.2 Å². The smallest absolute Gasteiger partial charge is 0.342 e. The number of anilines is 1. The van der Waals surface area contributed by atoms with Gasteiger partial charge in [0.1, 0.15) is 0 Å². The van der Waals surface area contributed by atoms with Crippen LogP contribution < -0.4 is 10.6 Å². The zero-order valence-electron chi connectivity index (χ0n) is 20.2. The van der Waals surface area contributed by atoms with E-state index in [0.717, 1.165) is 30.0 Å². The first-order valence-corrected chi connectivity index (χ1v) is 12.4. The molecule has 15 heteroatoms. The minimum atomic E-state index is -4.59. The number of nitrogens with zero attached hydrogens (tertiary/aromatic N) is 4. The molecule has 3 aromatic rings. The molecule has 1 heterocycles. The summed E-state index contributed by atoms with van der Waals surface area (Å²) >= 11 is 6.91. The molecule has 0 aliphatic heterocycles. The third kappa shape index (κ3) is 7.01. The maximum atomic E-state index is 13.0. The van der Waals surface area contributed by atoms with Crippen molar-refractivity contribution < 1.29 is 27.7 Å². The van der Waals surface area contributed by atoms with E-state index >= 15 is 0 Å². The molecule has 1 atom stereocenters. The monoisotopic (exact) mass is 570 g/mol. The number of hydrogen-bond acceptors (Lipinski definition) is 7. The predicted octanol–water partition coefficient (Wildman–Crippen LogP) is 5.25. The van der Waals surface area contributed by atoms with Gasteiger partial charge >= 0.3 is 6.18 Å². The second-order valence-electron chi connectivity index (χ2n) is 8.43. The van der Waals surface area contributed by atoms with Crippen LogP contribution in [0.5, 0.6) is 0 Å². The van der Waals surface area contributed by atoms with Gasteiger partial charge in [0.05, 0.1) is 33.0 Å². The summed E-state index contributed by atoms with van der Waals surface area (Å²) in [5.41, 5.74) is -1.24. The number of hydrogen-bond donors (Lipinski definition) is 2. The van der Waals surface area contributed by atoms with Gasteiger partial charge in [-0.05, 0) is 30.2 Å². The molecule has 0 saturated carbocycles. The fourth-order valence-electron chi connectivity index (χ4n) is 3.35. The Labute approximate surface area is 224 Å². The Hall–Kier alpha value is -3.65. The van der Waals surface area contributed by atoms with Gasteiger partial charge < -0.3 is 15.2 Å². The molecule has 202 valence electrons. The predicted molar refractivity (Wildman–Crippen MR) is 135 cm³/mol. The summed E-state index contributed by atoms with van der Waals surface area (Å²) < 4.78 is 40.5. The number of non-ortho nitro benzene ring substituents is 1. The Morgan fingerprint density at radius 2 is 1.89 bits per heavy atom. The van der Waals surface area contributed by atoms with Crippen molar-refractivity contribution in [3.63, 3.8) is 0 Å². The third-order valence-corrected chi connectivity index (χ3v) is 6.67. The fraction of sp³-hybridized carbons (Fsp3) is 0.304.